The van der Waals surface area contributed by atoms with Gasteiger partial charge in [-0.1, -0.05) is 6.92 Å². The summed E-state index contributed by atoms with van der Waals surface area (Å²) in [6.45, 7) is 7.32. The van der Waals surface area contributed by atoms with Crippen molar-refractivity contribution in [1.29, 1.82) is 0 Å². The van der Waals surface area contributed by atoms with E-state index in [-0.39, 0.29) is 12.5 Å². The molecular formula is C18H28N6O2. The van der Waals surface area contributed by atoms with Crippen LogP contribution >= 0.6 is 0 Å². The predicted molar refractivity (Wildman–Crippen MR) is 97.2 cm³/mol. The lowest BCUT2D eigenvalue weighted by molar-refractivity contribution is -0.124. The van der Waals surface area contributed by atoms with Crippen molar-refractivity contribution in [3.63, 3.8) is 0 Å². The lowest BCUT2D eigenvalue weighted by Crippen LogP contribution is -2.26. The monoisotopic (exact) mass is 360 g/mol. The van der Waals surface area contributed by atoms with E-state index >= 15 is 0 Å². The van der Waals surface area contributed by atoms with E-state index in [0.29, 0.717) is 6.54 Å². The normalized spacial score (nSPS) is 14.8. The summed E-state index contributed by atoms with van der Waals surface area (Å²) >= 11 is 0. The van der Waals surface area contributed by atoms with Crippen LogP contribution in [0.15, 0.2) is 18.5 Å². The highest BCUT2D eigenvalue weighted by Gasteiger charge is 2.18. The van der Waals surface area contributed by atoms with Gasteiger partial charge in [0, 0.05) is 45.7 Å². The summed E-state index contributed by atoms with van der Waals surface area (Å²) in [4.78, 5) is 18.5. The molecule has 2 aromatic heterocycles. The molecule has 1 N–H and O–H groups in total. The molecule has 1 aliphatic heterocycles. The van der Waals surface area contributed by atoms with Crippen molar-refractivity contribution < 1.29 is 9.53 Å². The summed E-state index contributed by atoms with van der Waals surface area (Å²) in [5.74, 6) is 0.993. The number of imidazole rings is 1. The molecule has 0 aliphatic carbocycles. The van der Waals surface area contributed by atoms with Crippen molar-refractivity contribution in [2.24, 2.45) is 0 Å². The van der Waals surface area contributed by atoms with Gasteiger partial charge in [0.2, 0.25) is 5.91 Å². The Hall–Kier alpha value is -2.19. The van der Waals surface area contributed by atoms with Gasteiger partial charge in [0.05, 0.1) is 24.5 Å². The van der Waals surface area contributed by atoms with Crippen molar-refractivity contribution >= 4 is 5.91 Å². The molecule has 3 rings (SSSR count). The van der Waals surface area contributed by atoms with E-state index in [2.05, 4.69) is 48.7 Å². The van der Waals surface area contributed by atoms with Crippen LogP contribution in [0.5, 0.6) is 0 Å². The average Bonchev–Trinajstić information content (AvgIpc) is 3.16. The number of methoxy groups -OCH3 is 1. The van der Waals surface area contributed by atoms with E-state index in [0.717, 1.165) is 57.1 Å². The van der Waals surface area contributed by atoms with Gasteiger partial charge >= 0.3 is 0 Å². The van der Waals surface area contributed by atoms with Crippen molar-refractivity contribution in [2.75, 3.05) is 20.3 Å². The Morgan fingerprint density at radius 3 is 3.08 bits per heavy atom. The zero-order valence-electron chi connectivity index (χ0n) is 15.6. The number of hydrogen-bond acceptors (Lipinski definition) is 5. The van der Waals surface area contributed by atoms with Gasteiger partial charge in [0.15, 0.2) is 0 Å². The zero-order valence-corrected chi connectivity index (χ0v) is 15.6. The number of nitrogens with zero attached hydrogens (tertiary/aromatic N) is 5. The molecule has 0 radical (unpaired) electrons. The molecule has 26 heavy (non-hydrogen) atoms. The van der Waals surface area contributed by atoms with Crippen LogP contribution in [0, 0.1) is 0 Å². The highest BCUT2D eigenvalue weighted by molar-refractivity contribution is 5.77. The van der Waals surface area contributed by atoms with Crippen LogP contribution < -0.4 is 5.32 Å². The fourth-order valence-corrected chi connectivity index (χ4v) is 3.32. The van der Waals surface area contributed by atoms with E-state index in [1.165, 1.54) is 12.8 Å². The number of hydrogen-bond donors (Lipinski definition) is 1. The lowest BCUT2D eigenvalue weighted by atomic mass is 10.3. The van der Waals surface area contributed by atoms with Gasteiger partial charge in [-0.3, -0.25) is 14.4 Å². The van der Waals surface area contributed by atoms with Crippen molar-refractivity contribution in [3.05, 3.63) is 35.7 Å². The number of nitrogens with one attached hydrogen (secondary N) is 1. The van der Waals surface area contributed by atoms with Crippen molar-refractivity contribution in [1.82, 2.24) is 29.5 Å². The van der Waals surface area contributed by atoms with Crippen molar-refractivity contribution in [2.45, 2.75) is 52.5 Å². The molecule has 1 aliphatic rings. The second-order valence-corrected chi connectivity index (χ2v) is 6.66. The van der Waals surface area contributed by atoms with Gasteiger partial charge in [-0.15, -0.1) is 0 Å². The molecule has 0 aromatic carbocycles. The molecule has 142 valence electrons. The van der Waals surface area contributed by atoms with Gasteiger partial charge in [-0.2, -0.15) is 5.10 Å². The van der Waals surface area contributed by atoms with Crippen LogP contribution in [0.1, 0.15) is 37.0 Å². The Morgan fingerprint density at radius 2 is 2.27 bits per heavy atom. The average molecular weight is 360 g/mol. The summed E-state index contributed by atoms with van der Waals surface area (Å²) in [7, 11) is 1.51. The number of amides is 1. The molecule has 3 heterocycles. The highest BCUT2D eigenvalue weighted by Crippen LogP contribution is 2.16. The number of aromatic nitrogens is 4. The first-order chi connectivity index (χ1) is 12.7. The predicted octanol–water partition coefficient (Wildman–Crippen LogP) is 1.16. The molecular weight excluding hydrogens is 332 g/mol. The van der Waals surface area contributed by atoms with E-state index in [4.69, 9.17) is 4.74 Å². The first-order valence-corrected chi connectivity index (χ1v) is 9.23. The Bertz CT molecular complexity index is 723. The largest absolute Gasteiger partial charge is 0.375 e. The molecule has 0 atom stereocenters. The van der Waals surface area contributed by atoms with Crippen molar-refractivity contribution in [3.8, 4) is 0 Å². The number of aryl methyl sites for hydroxylation is 2. The topological polar surface area (TPSA) is 77.2 Å². The van der Waals surface area contributed by atoms with Crippen LogP contribution in [0.2, 0.25) is 0 Å². The number of rotatable bonds is 8. The standard InChI is InChI=1S/C18H28N6O2/c1-3-6-23-9-5-19-17(23)13-22-7-4-8-24-16(12-22)10-15(21-24)11-20-18(25)14-26-2/h5,9-10H,3-4,6-8,11-14H2,1-2H3,(H,20,25). The minimum atomic E-state index is -0.125. The minimum Gasteiger partial charge on any atom is -0.375 e. The fraction of sp³-hybridized carbons (Fsp3) is 0.611. The van der Waals surface area contributed by atoms with Gasteiger partial charge in [-0.25, -0.2) is 4.98 Å². The van der Waals surface area contributed by atoms with E-state index in [9.17, 15) is 4.79 Å². The quantitative estimate of drug-likeness (QED) is 0.764. The van der Waals surface area contributed by atoms with E-state index in [1.807, 2.05) is 6.20 Å². The Balaban J connectivity index is 1.62. The molecule has 1 amide bonds. The molecule has 0 fully saturated rings. The molecule has 2 aromatic rings. The SMILES string of the molecule is CCCn1ccnc1CN1CCCn2nc(CNC(=O)COC)cc2C1. The molecule has 8 heteroatoms. The number of carbonyl (C=O) groups is 1. The first-order valence-electron chi connectivity index (χ1n) is 9.23. The maximum Gasteiger partial charge on any atom is 0.246 e. The third-order valence-corrected chi connectivity index (χ3v) is 4.52. The Labute approximate surface area is 154 Å². The fourth-order valence-electron chi connectivity index (χ4n) is 3.32. The van der Waals surface area contributed by atoms with Gasteiger partial charge in [-0.05, 0) is 18.9 Å². The second-order valence-electron chi connectivity index (χ2n) is 6.66. The van der Waals surface area contributed by atoms with Crippen LogP contribution in [0.25, 0.3) is 0 Å². The van der Waals surface area contributed by atoms with Crippen LogP contribution in [0.4, 0.5) is 0 Å². The van der Waals surface area contributed by atoms with Gasteiger partial charge < -0.3 is 14.6 Å². The molecule has 0 saturated heterocycles. The maximum atomic E-state index is 11.5. The number of carbonyl (C=O) groups excluding carboxylic acids is 1. The molecule has 8 nitrogen and oxygen atoms in total. The smallest absolute Gasteiger partial charge is 0.246 e. The van der Waals surface area contributed by atoms with Gasteiger partial charge in [0.1, 0.15) is 12.4 Å². The number of fused-ring (bicyclic) bond motifs is 1. The molecule has 0 saturated carbocycles. The summed E-state index contributed by atoms with van der Waals surface area (Å²) in [6, 6.07) is 2.09. The third-order valence-electron chi connectivity index (χ3n) is 4.52. The first kappa shape index (κ1) is 18.6. The van der Waals surface area contributed by atoms with E-state index in [1.54, 1.807) is 0 Å². The van der Waals surface area contributed by atoms with Crippen LogP contribution in [0.3, 0.4) is 0 Å². The minimum absolute atomic E-state index is 0.0751. The zero-order chi connectivity index (χ0) is 18.4. The molecule has 0 spiro atoms. The van der Waals surface area contributed by atoms with Gasteiger partial charge in [0.25, 0.3) is 0 Å². The Morgan fingerprint density at radius 1 is 1.38 bits per heavy atom. The third kappa shape index (κ3) is 4.70. The summed E-state index contributed by atoms with van der Waals surface area (Å²) in [5.41, 5.74) is 2.07. The van der Waals surface area contributed by atoms with Crippen LogP contribution in [-0.2, 0) is 42.3 Å². The second kappa shape index (κ2) is 8.95. The van der Waals surface area contributed by atoms with E-state index < -0.39 is 0 Å². The maximum absolute atomic E-state index is 11.5. The summed E-state index contributed by atoms with van der Waals surface area (Å²) < 4.78 is 9.13. The summed E-state index contributed by atoms with van der Waals surface area (Å²) in [6.07, 6.45) is 6.10. The molecule has 0 unspecified atom stereocenters. The van der Waals surface area contributed by atoms with Crippen LogP contribution in [-0.4, -0.2) is 50.4 Å². The Kier molecular flexibility index (Phi) is 6.40. The highest BCUT2D eigenvalue weighted by atomic mass is 16.5. The lowest BCUT2D eigenvalue weighted by Gasteiger charge is -2.19. The number of ether oxygens (including phenoxy) is 1. The molecule has 0 bridgehead atoms. The summed E-state index contributed by atoms with van der Waals surface area (Å²) in [5, 5.41) is 7.46.